The fraction of sp³-hybridized carbons (Fsp3) is 0.941. The summed E-state index contributed by atoms with van der Waals surface area (Å²) in [5.74, 6) is -8.68. The molecular formula is C102H180O12. The molecule has 114 heavy (non-hydrogen) atoms. The molecule has 7 fully saturated rings. The van der Waals surface area contributed by atoms with Crippen LogP contribution in [0.4, 0.5) is 0 Å². The first-order valence-electron chi connectivity index (χ1n) is 50.9. The van der Waals surface area contributed by atoms with Crippen molar-refractivity contribution in [2.24, 2.45) is 71.0 Å². The number of hydrogen-bond acceptors (Lipinski definition) is 12. The van der Waals surface area contributed by atoms with Crippen molar-refractivity contribution in [3.8, 4) is 0 Å². The molecule has 7 rings (SSSR count). The van der Waals surface area contributed by atoms with Gasteiger partial charge in [-0.25, -0.2) is 0 Å². The lowest BCUT2D eigenvalue weighted by Gasteiger charge is -2.63. The zero-order valence-corrected chi connectivity index (χ0v) is 75.1. The molecule has 0 aromatic heterocycles. The Kier molecular flexibility index (Phi) is 48.4. The van der Waals surface area contributed by atoms with Crippen LogP contribution in [0, 0.1) is 71.0 Å². The zero-order chi connectivity index (χ0) is 81.7. The van der Waals surface area contributed by atoms with Gasteiger partial charge in [0.15, 0.2) is 17.3 Å². The molecule has 6 atom stereocenters. The molecule has 7 saturated carbocycles. The van der Waals surface area contributed by atoms with Crippen molar-refractivity contribution in [2.45, 2.75) is 539 Å². The minimum absolute atomic E-state index is 0.270. The van der Waals surface area contributed by atoms with Crippen molar-refractivity contribution in [1.82, 2.24) is 0 Å². The minimum atomic E-state index is -3.45. The summed E-state index contributed by atoms with van der Waals surface area (Å²) in [6.45, 7) is 13.5. The summed E-state index contributed by atoms with van der Waals surface area (Å²) < 4.78 is 22.4. The number of rotatable bonds is 60. The summed E-state index contributed by atoms with van der Waals surface area (Å²) in [4.78, 5) is 104. The van der Waals surface area contributed by atoms with E-state index in [0.29, 0.717) is 120 Å². The molecule has 0 amide bonds. The van der Waals surface area contributed by atoms with E-state index in [1.807, 2.05) is 0 Å². The fourth-order valence-corrected chi connectivity index (χ4v) is 23.1. The van der Waals surface area contributed by atoms with E-state index in [-0.39, 0.29) is 30.6 Å². The van der Waals surface area contributed by atoms with Gasteiger partial charge in [0.2, 0.25) is 11.2 Å². The minimum Gasteiger partial charge on any atom is -0.443 e. The smallest absolute Gasteiger partial charge is 0.310 e. The quantitative estimate of drug-likeness (QED) is 0.0297. The Bertz CT molecular complexity index is 2450. The largest absolute Gasteiger partial charge is 0.443 e. The average Bonchev–Trinajstić information content (AvgIpc) is 0.658. The van der Waals surface area contributed by atoms with E-state index in [1.54, 1.807) is 0 Å². The number of unbranched alkanes of at least 4 members (excludes halogenated alkanes) is 36. The third kappa shape index (κ3) is 30.1. The molecule has 0 radical (unpaired) electrons. The third-order valence-corrected chi connectivity index (χ3v) is 30.9. The standard InChI is InChI=1S/C102H180O12/c1-7-13-19-25-31-37-43-49-79-55-67-85(68-56-79)92(104)100(112-97(109)88-73-61-82(62-74-88)52-46-40-34-28-22-16-10-4)95(107)91(103)96(108)101(93(105)86-69-57-80(58-70-86)50-44-38-32-26-20-14-8-2,113-98(110)89-75-63-83(64-76-89)53-47-41-35-29-23-17-11-5)102(100,94(106)87-71-59-81(60-72-87)51-45-39-33-27-21-15-9-3)114-99(111)90-77-65-84(66-78-90)54-48-42-36-30-24-18-12-6/h79-91,95-96,103,107-108H,7-78H2,1-6H3/t79?,80?,81?,82?,83?,84?,85?,86?,87?,88?,89?,90?,91?,95-,96+,100+,101-,102?. The fourth-order valence-electron chi connectivity index (χ4n) is 23.1. The summed E-state index contributed by atoms with van der Waals surface area (Å²) >= 11 is 0. The lowest BCUT2D eigenvalue weighted by Crippen LogP contribution is -2.92. The first-order chi connectivity index (χ1) is 55.6. The Morgan fingerprint density at radius 3 is 0.588 bits per heavy atom. The number of Topliss-reactive ketones (excluding diaryl/α,β-unsaturated/α-hetero) is 3. The molecule has 0 heterocycles. The first kappa shape index (κ1) is 98.4. The highest BCUT2D eigenvalue weighted by Gasteiger charge is 2.89. The Morgan fingerprint density at radius 1 is 0.219 bits per heavy atom. The van der Waals surface area contributed by atoms with Crippen LogP contribution in [0.5, 0.6) is 0 Å². The molecule has 0 bridgehead atoms. The summed E-state index contributed by atoms with van der Waals surface area (Å²) in [6, 6.07) is 0. The van der Waals surface area contributed by atoms with E-state index in [1.165, 1.54) is 193 Å². The van der Waals surface area contributed by atoms with Gasteiger partial charge in [0.25, 0.3) is 5.60 Å². The number of hydrogen-bond donors (Lipinski definition) is 3. The van der Waals surface area contributed by atoms with E-state index in [0.717, 1.165) is 154 Å². The zero-order valence-electron chi connectivity index (χ0n) is 75.1. The van der Waals surface area contributed by atoms with Crippen molar-refractivity contribution in [1.29, 1.82) is 0 Å². The molecule has 0 aromatic rings. The van der Waals surface area contributed by atoms with Crippen molar-refractivity contribution >= 4 is 35.3 Å². The SMILES string of the molecule is CCCCCCCCCC1CCC(C(=O)OC2(C(=O)C3CCC(CCCCCCCCC)CC3)[C@@](OC(=O)C3CCC(CCCCCCCCC)CC3)(C(=O)C3CCC(CCCCCCCCC)CC3)[C@@H](O)C(O)[C@@H](O)[C@@]2(OC(=O)C2CCC(CCCCCCCCC)CC2)C(=O)C2CCC(CCCCCCCCC)CC2)CC1. The van der Waals surface area contributed by atoms with Gasteiger partial charge < -0.3 is 29.5 Å². The van der Waals surface area contributed by atoms with E-state index < -0.39 is 106 Å². The van der Waals surface area contributed by atoms with Crippen LogP contribution < -0.4 is 0 Å². The van der Waals surface area contributed by atoms with E-state index in [9.17, 15) is 15.3 Å². The van der Waals surface area contributed by atoms with Gasteiger partial charge in [-0.05, 0) is 190 Å². The van der Waals surface area contributed by atoms with Crippen molar-refractivity contribution in [3.63, 3.8) is 0 Å². The highest BCUT2D eigenvalue weighted by molar-refractivity contribution is 6.12. The maximum absolute atomic E-state index is 18.4. The predicted octanol–water partition coefficient (Wildman–Crippen LogP) is 27.3. The van der Waals surface area contributed by atoms with E-state index in [2.05, 4.69) is 41.5 Å². The first-order valence-corrected chi connectivity index (χ1v) is 50.9. The van der Waals surface area contributed by atoms with Crippen LogP contribution in [0.15, 0.2) is 0 Å². The molecule has 7 aliphatic carbocycles. The monoisotopic (exact) mass is 1600 g/mol. The van der Waals surface area contributed by atoms with Crippen LogP contribution in [-0.2, 0) is 43.0 Å². The number of carbonyl (C=O) groups excluding carboxylic acids is 6. The van der Waals surface area contributed by atoms with Gasteiger partial charge in [-0.1, -0.05) is 350 Å². The van der Waals surface area contributed by atoms with Crippen LogP contribution in [-0.4, -0.2) is 85.7 Å². The maximum atomic E-state index is 18.4. The molecule has 0 aliphatic heterocycles. The molecule has 2 unspecified atom stereocenters. The maximum Gasteiger partial charge on any atom is 0.310 e. The lowest BCUT2D eigenvalue weighted by molar-refractivity contribution is -0.329. The normalized spacial score (nSPS) is 30.9. The van der Waals surface area contributed by atoms with Crippen LogP contribution in [0.1, 0.15) is 504 Å². The molecule has 0 spiro atoms. The van der Waals surface area contributed by atoms with Gasteiger partial charge in [0, 0.05) is 17.8 Å². The number of esters is 3. The van der Waals surface area contributed by atoms with Gasteiger partial charge in [0.05, 0.1) is 17.8 Å². The number of aliphatic hydroxyl groups excluding tert-OH is 3. The second kappa shape index (κ2) is 56.1. The molecule has 0 saturated heterocycles. The summed E-state index contributed by atoms with van der Waals surface area (Å²) in [5, 5.41) is 42.1. The molecule has 7 aliphatic rings. The van der Waals surface area contributed by atoms with E-state index in [4.69, 9.17) is 14.2 Å². The predicted molar refractivity (Wildman–Crippen MR) is 468 cm³/mol. The van der Waals surface area contributed by atoms with Crippen LogP contribution in [0.3, 0.4) is 0 Å². The number of ether oxygens (including phenoxy) is 3. The Balaban J connectivity index is 1.40. The average molecular weight is 1600 g/mol. The highest BCUT2D eigenvalue weighted by Crippen LogP contribution is 2.60. The topological polar surface area (TPSA) is 191 Å². The van der Waals surface area contributed by atoms with Crippen LogP contribution in [0.25, 0.3) is 0 Å². The van der Waals surface area contributed by atoms with Crippen molar-refractivity contribution in [2.75, 3.05) is 0 Å². The Labute approximate surface area is 699 Å². The van der Waals surface area contributed by atoms with Crippen molar-refractivity contribution < 1.29 is 58.3 Å². The van der Waals surface area contributed by atoms with Gasteiger partial charge in [-0.2, -0.15) is 0 Å². The number of carbonyl (C=O) groups is 6. The van der Waals surface area contributed by atoms with Gasteiger partial charge >= 0.3 is 17.9 Å². The summed E-state index contributed by atoms with van der Waals surface area (Å²) in [6.07, 6.45) is 60.9. The molecule has 12 nitrogen and oxygen atoms in total. The molecule has 12 heteroatoms. The van der Waals surface area contributed by atoms with Gasteiger partial charge in [-0.3, -0.25) is 28.8 Å². The van der Waals surface area contributed by atoms with Gasteiger partial charge in [0.1, 0.15) is 18.3 Å². The van der Waals surface area contributed by atoms with E-state index >= 15 is 28.8 Å². The molecule has 0 aromatic carbocycles. The molecule has 3 N–H and O–H groups in total. The second-order valence-electron chi connectivity index (χ2n) is 39.7. The number of ketones is 3. The second-order valence-corrected chi connectivity index (χ2v) is 39.7. The molecule has 660 valence electrons. The molecular weight excluding hydrogens is 1420 g/mol. The summed E-state index contributed by atoms with van der Waals surface area (Å²) in [5.41, 5.74) is -10.1. The third-order valence-electron chi connectivity index (χ3n) is 30.9. The number of aliphatic hydroxyl groups is 3. The summed E-state index contributed by atoms with van der Waals surface area (Å²) in [7, 11) is 0. The lowest BCUT2D eigenvalue weighted by atomic mass is 9.49. The Hall–Kier alpha value is -2.70. The van der Waals surface area contributed by atoms with Crippen LogP contribution >= 0.6 is 0 Å². The Morgan fingerprint density at radius 2 is 0.386 bits per heavy atom. The van der Waals surface area contributed by atoms with Crippen molar-refractivity contribution in [3.05, 3.63) is 0 Å². The van der Waals surface area contributed by atoms with Crippen LogP contribution in [0.2, 0.25) is 0 Å². The van der Waals surface area contributed by atoms with Gasteiger partial charge in [-0.15, -0.1) is 0 Å². The highest BCUT2D eigenvalue weighted by atomic mass is 16.7.